The van der Waals surface area contributed by atoms with E-state index in [-0.39, 0.29) is 0 Å². The average Bonchev–Trinajstić information content (AvgIpc) is 3.26. The minimum atomic E-state index is 0.525. The fourth-order valence-electron chi connectivity index (χ4n) is 2.26. The van der Waals surface area contributed by atoms with Gasteiger partial charge in [0.25, 0.3) is 0 Å². The Morgan fingerprint density at radius 3 is 3.05 bits per heavy atom. The number of aromatic nitrogens is 1. The monoisotopic (exact) mass is 286 g/mol. The van der Waals surface area contributed by atoms with Crippen LogP contribution in [0.2, 0.25) is 0 Å². The number of nitrogens with zero attached hydrogens (tertiary/aromatic N) is 1. The number of pyridine rings is 1. The topological polar surface area (TPSA) is 47.3 Å². The summed E-state index contributed by atoms with van der Waals surface area (Å²) >= 11 is 0. The molecule has 4 nitrogen and oxygen atoms in total. The van der Waals surface area contributed by atoms with Crippen LogP contribution < -0.4 is 5.32 Å². The second kappa shape index (κ2) is 6.87. The Bertz CT molecular complexity index is 561. The van der Waals surface area contributed by atoms with E-state index in [2.05, 4.69) is 23.3 Å². The standard InChI is InChI=1S/C17H22N2O2/c1-13-10-16(21-17(13)11-19-15-5-6-15)12-20-9-7-14-4-2-3-8-18-14/h2-4,8,10,15,19H,5-7,9,11-12H2,1H3. The maximum atomic E-state index is 5.84. The number of furan rings is 1. The van der Waals surface area contributed by atoms with Gasteiger partial charge in [0.05, 0.1) is 13.2 Å². The maximum absolute atomic E-state index is 5.84. The lowest BCUT2D eigenvalue weighted by Gasteiger charge is -2.02. The summed E-state index contributed by atoms with van der Waals surface area (Å²) in [6, 6.07) is 8.71. The first-order valence-corrected chi connectivity index (χ1v) is 7.60. The number of ether oxygens (including phenoxy) is 1. The van der Waals surface area contributed by atoms with Crippen LogP contribution in [-0.4, -0.2) is 17.6 Å². The molecule has 0 spiro atoms. The Kier molecular flexibility index (Phi) is 4.68. The summed E-state index contributed by atoms with van der Waals surface area (Å²) in [6.45, 7) is 4.10. The van der Waals surface area contributed by atoms with Gasteiger partial charge in [0.2, 0.25) is 0 Å². The maximum Gasteiger partial charge on any atom is 0.130 e. The number of nitrogens with one attached hydrogen (secondary N) is 1. The molecule has 0 bridgehead atoms. The van der Waals surface area contributed by atoms with Gasteiger partial charge in [0, 0.05) is 24.4 Å². The van der Waals surface area contributed by atoms with Gasteiger partial charge in [0.1, 0.15) is 18.1 Å². The summed E-state index contributed by atoms with van der Waals surface area (Å²) < 4.78 is 11.5. The molecule has 0 aromatic carbocycles. The van der Waals surface area contributed by atoms with Crippen molar-refractivity contribution in [2.75, 3.05) is 6.61 Å². The SMILES string of the molecule is Cc1cc(COCCc2ccccn2)oc1CNC1CC1. The molecule has 0 unspecified atom stereocenters. The van der Waals surface area contributed by atoms with E-state index in [1.807, 2.05) is 24.4 Å². The summed E-state index contributed by atoms with van der Waals surface area (Å²) in [5, 5.41) is 3.47. The molecule has 0 saturated heterocycles. The predicted octanol–water partition coefficient (Wildman–Crippen LogP) is 2.99. The number of aryl methyl sites for hydroxylation is 1. The van der Waals surface area contributed by atoms with Crippen LogP contribution in [0, 0.1) is 6.92 Å². The van der Waals surface area contributed by atoms with Gasteiger partial charge in [-0.15, -0.1) is 0 Å². The van der Waals surface area contributed by atoms with Gasteiger partial charge in [-0.25, -0.2) is 0 Å². The smallest absolute Gasteiger partial charge is 0.130 e. The summed E-state index contributed by atoms with van der Waals surface area (Å²) in [4.78, 5) is 4.28. The van der Waals surface area contributed by atoms with Crippen molar-refractivity contribution in [1.82, 2.24) is 10.3 Å². The summed E-state index contributed by atoms with van der Waals surface area (Å²) in [5.74, 6) is 1.94. The van der Waals surface area contributed by atoms with Gasteiger partial charge < -0.3 is 14.5 Å². The van der Waals surface area contributed by atoms with E-state index < -0.39 is 0 Å². The highest BCUT2D eigenvalue weighted by Gasteiger charge is 2.21. The number of hydrogen-bond acceptors (Lipinski definition) is 4. The van der Waals surface area contributed by atoms with Crippen LogP contribution in [0.25, 0.3) is 0 Å². The lowest BCUT2D eigenvalue weighted by atomic mass is 10.2. The second-order valence-electron chi connectivity index (χ2n) is 5.60. The van der Waals surface area contributed by atoms with E-state index in [0.29, 0.717) is 19.3 Å². The van der Waals surface area contributed by atoms with E-state index in [0.717, 1.165) is 30.2 Å². The first kappa shape index (κ1) is 14.3. The fraction of sp³-hybridized carbons (Fsp3) is 0.471. The second-order valence-corrected chi connectivity index (χ2v) is 5.60. The van der Waals surface area contributed by atoms with Crippen molar-refractivity contribution in [2.45, 2.75) is 45.4 Å². The van der Waals surface area contributed by atoms with Crippen LogP contribution in [0.15, 0.2) is 34.9 Å². The van der Waals surface area contributed by atoms with E-state index >= 15 is 0 Å². The third kappa shape index (κ3) is 4.41. The molecule has 2 aromatic rings. The zero-order valence-electron chi connectivity index (χ0n) is 12.5. The Morgan fingerprint density at radius 2 is 2.29 bits per heavy atom. The van der Waals surface area contributed by atoms with E-state index in [9.17, 15) is 0 Å². The van der Waals surface area contributed by atoms with Crippen LogP contribution in [-0.2, 0) is 24.3 Å². The number of rotatable bonds is 8. The first-order valence-electron chi connectivity index (χ1n) is 7.60. The molecule has 0 atom stereocenters. The molecule has 0 amide bonds. The zero-order valence-corrected chi connectivity index (χ0v) is 12.5. The first-order chi connectivity index (χ1) is 10.3. The highest BCUT2D eigenvalue weighted by atomic mass is 16.5. The predicted molar refractivity (Wildman–Crippen MR) is 80.9 cm³/mol. The molecule has 2 heterocycles. The minimum absolute atomic E-state index is 0.525. The Balaban J connectivity index is 1.41. The van der Waals surface area contributed by atoms with Gasteiger partial charge in [-0.2, -0.15) is 0 Å². The van der Waals surface area contributed by atoms with Crippen molar-refractivity contribution in [2.24, 2.45) is 0 Å². The lowest BCUT2D eigenvalue weighted by molar-refractivity contribution is 0.107. The third-order valence-corrected chi connectivity index (χ3v) is 3.67. The largest absolute Gasteiger partial charge is 0.462 e. The fourth-order valence-corrected chi connectivity index (χ4v) is 2.26. The van der Waals surface area contributed by atoms with Crippen LogP contribution >= 0.6 is 0 Å². The zero-order chi connectivity index (χ0) is 14.5. The van der Waals surface area contributed by atoms with Crippen molar-refractivity contribution < 1.29 is 9.15 Å². The van der Waals surface area contributed by atoms with Crippen molar-refractivity contribution in [3.05, 3.63) is 53.2 Å². The molecule has 4 heteroatoms. The third-order valence-electron chi connectivity index (χ3n) is 3.67. The highest BCUT2D eigenvalue weighted by Crippen LogP contribution is 2.21. The van der Waals surface area contributed by atoms with Gasteiger partial charge in [-0.1, -0.05) is 6.07 Å². The summed E-state index contributed by atoms with van der Waals surface area (Å²) in [5.41, 5.74) is 2.26. The lowest BCUT2D eigenvalue weighted by Crippen LogP contribution is -2.15. The van der Waals surface area contributed by atoms with Gasteiger partial charge in [0.15, 0.2) is 0 Å². The highest BCUT2D eigenvalue weighted by molar-refractivity contribution is 5.19. The summed E-state index contributed by atoms with van der Waals surface area (Å²) in [6.07, 6.45) is 5.23. The Labute approximate surface area is 125 Å². The molecule has 0 radical (unpaired) electrons. The van der Waals surface area contributed by atoms with Crippen molar-refractivity contribution >= 4 is 0 Å². The summed E-state index contributed by atoms with van der Waals surface area (Å²) in [7, 11) is 0. The number of hydrogen-bond donors (Lipinski definition) is 1. The van der Waals surface area contributed by atoms with Crippen molar-refractivity contribution in [1.29, 1.82) is 0 Å². The van der Waals surface area contributed by atoms with Gasteiger partial charge in [-0.05, 0) is 43.5 Å². The van der Waals surface area contributed by atoms with E-state index in [1.165, 1.54) is 18.4 Å². The molecule has 1 N–H and O–H groups in total. The van der Waals surface area contributed by atoms with Crippen LogP contribution in [0.4, 0.5) is 0 Å². The van der Waals surface area contributed by atoms with Crippen molar-refractivity contribution in [3.8, 4) is 0 Å². The average molecular weight is 286 g/mol. The molecule has 112 valence electrons. The quantitative estimate of drug-likeness (QED) is 0.758. The molecule has 1 saturated carbocycles. The van der Waals surface area contributed by atoms with Crippen molar-refractivity contribution in [3.63, 3.8) is 0 Å². The molecule has 0 aliphatic heterocycles. The molecule has 21 heavy (non-hydrogen) atoms. The Morgan fingerprint density at radius 1 is 1.38 bits per heavy atom. The molecule has 1 aliphatic carbocycles. The van der Waals surface area contributed by atoms with Crippen LogP contribution in [0.5, 0.6) is 0 Å². The van der Waals surface area contributed by atoms with Crippen LogP contribution in [0.3, 0.4) is 0 Å². The van der Waals surface area contributed by atoms with Gasteiger partial charge >= 0.3 is 0 Å². The minimum Gasteiger partial charge on any atom is -0.462 e. The molecule has 1 fully saturated rings. The van der Waals surface area contributed by atoms with Crippen LogP contribution in [0.1, 0.15) is 35.6 Å². The molecular formula is C17H22N2O2. The molecule has 3 rings (SSSR count). The van der Waals surface area contributed by atoms with Gasteiger partial charge in [-0.3, -0.25) is 4.98 Å². The molecular weight excluding hydrogens is 264 g/mol. The Hall–Kier alpha value is -1.65. The normalized spacial score (nSPS) is 14.5. The van der Waals surface area contributed by atoms with E-state index in [1.54, 1.807) is 0 Å². The molecule has 2 aromatic heterocycles. The molecule has 1 aliphatic rings. The van der Waals surface area contributed by atoms with E-state index in [4.69, 9.17) is 9.15 Å².